The van der Waals surface area contributed by atoms with E-state index in [9.17, 15) is 4.79 Å². The van der Waals surface area contributed by atoms with Gasteiger partial charge in [0.15, 0.2) is 0 Å². The maximum atomic E-state index is 10.8. The summed E-state index contributed by atoms with van der Waals surface area (Å²) < 4.78 is 0.806. The number of nitrogens with one attached hydrogen (secondary N) is 1. The topological polar surface area (TPSA) is 49.3 Å². The van der Waals surface area contributed by atoms with E-state index < -0.39 is 5.97 Å². The van der Waals surface area contributed by atoms with Crippen molar-refractivity contribution in [2.75, 3.05) is 17.6 Å². The van der Waals surface area contributed by atoms with Crippen molar-refractivity contribution < 1.29 is 9.90 Å². The van der Waals surface area contributed by atoms with Crippen molar-refractivity contribution in [3.8, 4) is 0 Å². The van der Waals surface area contributed by atoms with Crippen LogP contribution in [0.2, 0.25) is 0 Å². The number of anilines is 1. The molecule has 0 radical (unpaired) electrons. The first-order valence-corrected chi connectivity index (χ1v) is 7.39. The quantitative estimate of drug-likeness (QED) is 0.893. The zero-order valence-corrected chi connectivity index (χ0v) is 11.7. The predicted molar refractivity (Wildman–Crippen MR) is 75.1 cm³/mol. The van der Waals surface area contributed by atoms with E-state index >= 15 is 0 Å². The number of carboxylic acid groups (broad SMARTS) is 1. The highest BCUT2D eigenvalue weighted by atomic mass is 79.9. The smallest absolute Gasteiger partial charge is 0.335 e. The fourth-order valence-electron chi connectivity index (χ4n) is 1.82. The standard InChI is InChI=1S/C12H14BrNO2S/c13-10-6-8(12(15)16)3-4-11(10)14-7-9-2-1-5-17-9/h3-4,6,9,14H,1-2,5,7H2,(H,15,16). The lowest BCUT2D eigenvalue weighted by atomic mass is 10.2. The molecule has 1 aliphatic rings. The molecule has 5 heteroatoms. The number of hydrogen-bond donors (Lipinski definition) is 2. The third-order valence-corrected chi connectivity index (χ3v) is 4.81. The Labute approximate surface area is 113 Å². The molecule has 0 amide bonds. The number of benzene rings is 1. The second-order valence-electron chi connectivity index (χ2n) is 4.02. The number of hydrogen-bond acceptors (Lipinski definition) is 3. The molecular weight excluding hydrogens is 302 g/mol. The van der Waals surface area contributed by atoms with E-state index in [1.54, 1.807) is 12.1 Å². The van der Waals surface area contributed by atoms with Gasteiger partial charge in [-0.25, -0.2) is 4.79 Å². The summed E-state index contributed by atoms with van der Waals surface area (Å²) in [4.78, 5) is 10.8. The van der Waals surface area contributed by atoms with Crippen molar-refractivity contribution in [2.24, 2.45) is 0 Å². The van der Waals surface area contributed by atoms with E-state index in [1.807, 2.05) is 17.8 Å². The van der Waals surface area contributed by atoms with Gasteiger partial charge in [0, 0.05) is 22.0 Å². The van der Waals surface area contributed by atoms with Gasteiger partial charge in [-0.2, -0.15) is 11.8 Å². The van der Waals surface area contributed by atoms with E-state index in [-0.39, 0.29) is 0 Å². The lowest BCUT2D eigenvalue weighted by Gasteiger charge is -2.13. The molecule has 0 spiro atoms. The molecular formula is C12H14BrNO2S. The summed E-state index contributed by atoms with van der Waals surface area (Å²) in [5.74, 6) is 0.356. The normalized spacial score (nSPS) is 19.2. The first kappa shape index (κ1) is 12.8. The molecule has 1 fully saturated rings. The minimum atomic E-state index is -0.899. The molecule has 1 unspecified atom stereocenters. The largest absolute Gasteiger partial charge is 0.478 e. The van der Waals surface area contributed by atoms with Gasteiger partial charge in [0.05, 0.1) is 5.56 Å². The van der Waals surface area contributed by atoms with Gasteiger partial charge in [-0.05, 0) is 52.7 Å². The zero-order valence-electron chi connectivity index (χ0n) is 9.28. The van der Waals surface area contributed by atoms with Crippen LogP contribution in [0.1, 0.15) is 23.2 Å². The van der Waals surface area contributed by atoms with Crippen LogP contribution < -0.4 is 5.32 Å². The van der Waals surface area contributed by atoms with Gasteiger partial charge in [-0.1, -0.05) is 0 Å². The number of thioether (sulfide) groups is 1. The molecule has 3 nitrogen and oxygen atoms in total. The summed E-state index contributed by atoms with van der Waals surface area (Å²) in [5.41, 5.74) is 1.26. The Hall–Kier alpha value is -0.680. The Morgan fingerprint density at radius 2 is 2.41 bits per heavy atom. The molecule has 1 atom stereocenters. The molecule has 0 aromatic heterocycles. The van der Waals surface area contributed by atoms with Crippen LogP contribution in [0.4, 0.5) is 5.69 Å². The Kier molecular flexibility index (Phi) is 4.34. The first-order valence-electron chi connectivity index (χ1n) is 5.55. The minimum Gasteiger partial charge on any atom is -0.478 e. The van der Waals surface area contributed by atoms with Crippen LogP contribution in [0.5, 0.6) is 0 Å². The lowest BCUT2D eigenvalue weighted by molar-refractivity contribution is 0.0697. The third kappa shape index (κ3) is 3.39. The maximum Gasteiger partial charge on any atom is 0.335 e. The lowest BCUT2D eigenvalue weighted by Crippen LogP contribution is -2.14. The van der Waals surface area contributed by atoms with Crippen LogP contribution in [0.3, 0.4) is 0 Å². The monoisotopic (exact) mass is 315 g/mol. The van der Waals surface area contributed by atoms with Crippen molar-refractivity contribution >= 4 is 39.3 Å². The van der Waals surface area contributed by atoms with Crippen molar-refractivity contribution in [2.45, 2.75) is 18.1 Å². The molecule has 1 aliphatic heterocycles. The molecule has 0 aliphatic carbocycles. The molecule has 1 aromatic carbocycles. The van der Waals surface area contributed by atoms with Crippen LogP contribution in [-0.4, -0.2) is 28.6 Å². The van der Waals surface area contributed by atoms with Gasteiger partial charge in [0.1, 0.15) is 0 Å². The van der Waals surface area contributed by atoms with Gasteiger partial charge in [0.25, 0.3) is 0 Å². The fourth-order valence-corrected chi connectivity index (χ4v) is 3.54. The van der Waals surface area contributed by atoms with Crippen molar-refractivity contribution in [1.29, 1.82) is 0 Å². The van der Waals surface area contributed by atoms with Crippen LogP contribution in [0.25, 0.3) is 0 Å². The fraction of sp³-hybridized carbons (Fsp3) is 0.417. The summed E-state index contributed by atoms with van der Waals surface area (Å²) >= 11 is 5.40. The number of carboxylic acids is 1. The number of rotatable bonds is 4. The highest BCUT2D eigenvalue weighted by molar-refractivity contribution is 9.10. The summed E-state index contributed by atoms with van der Waals surface area (Å²) in [6, 6.07) is 5.07. The van der Waals surface area contributed by atoms with E-state index in [2.05, 4.69) is 21.2 Å². The van der Waals surface area contributed by atoms with Crippen LogP contribution in [0.15, 0.2) is 22.7 Å². The molecule has 0 bridgehead atoms. The van der Waals surface area contributed by atoms with Crippen LogP contribution in [-0.2, 0) is 0 Å². The molecule has 1 aromatic rings. The van der Waals surface area contributed by atoms with Gasteiger partial charge >= 0.3 is 5.97 Å². The van der Waals surface area contributed by atoms with E-state index in [0.29, 0.717) is 10.8 Å². The molecule has 2 N–H and O–H groups in total. The van der Waals surface area contributed by atoms with Crippen molar-refractivity contribution in [3.63, 3.8) is 0 Å². The van der Waals surface area contributed by atoms with Crippen molar-refractivity contribution in [3.05, 3.63) is 28.2 Å². The second kappa shape index (κ2) is 5.78. The molecule has 17 heavy (non-hydrogen) atoms. The summed E-state index contributed by atoms with van der Waals surface area (Å²) in [6.07, 6.45) is 2.57. The molecule has 2 rings (SSSR count). The van der Waals surface area contributed by atoms with Gasteiger partial charge < -0.3 is 10.4 Å². The van der Waals surface area contributed by atoms with Gasteiger partial charge in [-0.15, -0.1) is 0 Å². The Bertz CT molecular complexity index is 419. The average molecular weight is 316 g/mol. The Morgan fingerprint density at radius 3 is 3.00 bits per heavy atom. The second-order valence-corrected chi connectivity index (χ2v) is 6.28. The van der Waals surface area contributed by atoms with E-state index in [1.165, 1.54) is 18.6 Å². The van der Waals surface area contributed by atoms with E-state index in [0.717, 1.165) is 16.7 Å². The predicted octanol–water partition coefficient (Wildman–Crippen LogP) is 3.45. The number of carbonyl (C=O) groups is 1. The molecule has 0 saturated carbocycles. The van der Waals surface area contributed by atoms with Gasteiger partial charge in [-0.3, -0.25) is 0 Å². The Balaban J connectivity index is 1.98. The summed E-state index contributed by atoms with van der Waals surface area (Å²) in [7, 11) is 0. The molecule has 1 saturated heterocycles. The SMILES string of the molecule is O=C(O)c1ccc(NCC2CCCS2)c(Br)c1. The van der Waals surface area contributed by atoms with Crippen LogP contribution >= 0.6 is 27.7 Å². The Morgan fingerprint density at radius 1 is 1.59 bits per heavy atom. The average Bonchev–Trinajstić information content (AvgIpc) is 2.80. The number of halogens is 1. The van der Waals surface area contributed by atoms with Crippen LogP contribution in [0, 0.1) is 0 Å². The third-order valence-electron chi connectivity index (χ3n) is 2.76. The van der Waals surface area contributed by atoms with E-state index in [4.69, 9.17) is 5.11 Å². The molecule has 1 heterocycles. The van der Waals surface area contributed by atoms with Gasteiger partial charge in [0.2, 0.25) is 0 Å². The highest BCUT2D eigenvalue weighted by Crippen LogP contribution is 2.28. The zero-order chi connectivity index (χ0) is 12.3. The molecule has 92 valence electrons. The first-order chi connectivity index (χ1) is 8.16. The maximum absolute atomic E-state index is 10.8. The number of aromatic carboxylic acids is 1. The highest BCUT2D eigenvalue weighted by Gasteiger charge is 2.15. The van der Waals surface area contributed by atoms with Crippen molar-refractivity contribution in [1.82, 2.24) is 0 Å². The minimum absolute atomic E-state index is 0.303. The summed E-state index contributed by atoms with van der Waals surface area (Å²) in [6.45, 7) is 0.940. The summed E-state index contributed by atoms with van der Waals surface area (Å²) in [5, 5.41) is 12.9.